The fraction of sp³-hybridized carbons (Fsp3) is 0.343. The molecule has 0 bridgehead atoms. The van der Waals surface area contributed by atoms with E-state index in [2.05, 4.69) is 20.9 Å². The molecule has 1 saturated heterocycles. The first-order valence-corrected chi connectivity index (χ1v) is 16.3. The fourth-order valence-corrected chi connectivity index (χ4v) is 5.13. The number of benzene rings is 2. The second-order valence-corrected chi connectivity index (χ2v) is 11.6. The molecule has 3 N–H and O–H groups in total. The van der Waals surface area contributed by atoms with Gasteiger partial charge >= 0.3 is 35.7 Å². The number of hydrogen-bond acceptors (Lipinski definition) is 15. The molecular formula is C35H37N5O14. The van der Waals surface area contributed by atoms with E-state index in [1.54, 1.807) is 24.3 Å². The maximum atomic E-state index is 13.3. The molecule has 2 aromatic carbocycles. The summed E-state index contributed by atoms with van der Waals surface area (Å²) in [5.74, 6) is -4.66. The summed E-state index contributed by atoms with van der Waals surface area (Å²) in [6.07, 6.45) is -6.99. The van der Waals surface area contributed by atoms with Gasteiger partial charge in [0.05, 0.1) is 0 Å². The Labute approximate surface area is 307 Å². The standard InChI is InChI=1S/C35H37N5O14/c1-19(41)49-18-26-29(51-20(2)42)30(52-21(3)43)31(53-22(4)44)33(54-26)40-15-14-27(39-34(40)47)38-32(46)24-10-12-25(13-11-24)37-28(45)16-36-35(48)50-17-23-8-6-5-7-9-23/h5-15,26,29-31,33H,16-18H2,1-4H3,(H,36,48)(H,37,45)(H,38,39,46,47). The van der Waals surface area contributed by atoms with Crippen LogP contribution in [0.4, 0.5) is 16.3 Å². The van der Waals surface area contributed by atoms with Gasteiger partial charge in [-0.2, -0.15) is 4.98 Å². The number of carbonyl (C=O) groups excluding carboxylic acids is 7. The smallest absolute Gasteiger partial charge is 0.407 e. The Morgan fingerprint density at radius 3 is 1.98 bits per heavy atom. The van der Waals surface area contributed by atoms with Crippen LogP contribution < -0.4 is 21.6 Å². The number of nitrogens with zero attached hydrogens (tertiary/aromatic N) is 2. The summed E-state index contributed by atoms with van der Waals surface area (Å²) in [6.45, 7) is 3.46. The molecule has 0 aliphatic carbocycles. The molecule has 19 nitrogen and oxygen atoms in total. The number of ether oxygens (including phenoxy) is 6. The molecule has 0 radical (unpaired) electrons. The van der Waals surface area contributed by atoms with Gasteiger partial charge in [-0.3, -0.25) is 33.3 Å². The summed E-state index contributed by atoms with van der Waals surface area (Å²) in [5.41, 5.74) is 0.219. The highest BCUT2D eigenvalue weighted by atomic mass is 16.7. The van der Waals surface area contributed by atoms with Crippen LogP contribution in [0.1, 0.15) is 49.8 Å². The third-order valence-corrected chi connectivity index (χ3v) is 7.35. The van der Waals surface area contributed by atoms with Crippen LogP contribution in [0.2, 0.25) is 0 Å². The van der Waals surface area contributed by atoms with Crippen molar-refractivity contribution in [2.24, 2.45) is 0 Å². The van der Waals surface area contributed by atoms with Crippen molar-refractivity contribution < 1.29 is 62.0 Å². The van der Waals surface area contributed by atoms with Crippen LogP contribution in [0.15, 0.2) is 71.7 Å². The predicted octanol–water partition coefficient (Wildman–Crippen LogP) is 1.62. The Morgan fingerprint density at radius 1 is 0.741 bits per heavy atom. The third-order valence-electron chi connectivity index (χ3n) is 7.35. The molecule has 1 fully saturated rings. The second kappa shape index (κ2) is 18.7. The van der Waals surface area contributed by atoms with Crippen molar-refractivity contribution in [2.75, 3.05) is 23.8 Å². The summed E-state index contributed by atoms with van der Waals surface area (Å²) in [5, 5.41) is 7.39. The number of carbonyl (C=O) groups is 7. The van der Waals surface area contributed by atoms with Gasteiger partial charge in [-0.1, -0.05) is 30.3 Å². The highest BCUT2D eigenvalue weighted by molar-refractivity contribution is 6.04. The van der Waals surface area contributed by atoms with Crippen molar-refractivity contribution in [2.45, 2.75) is 64.9 Å². The molecule has 5 atom stereocenters. The van der Waals surface area contributed by atoms with Gasteiger partial charge in [-0.25, -0.2) is 9.59 Å². The summed E-state index contributed by atoms with van der Waals surface area (Å²) < 4.78 is 33.1. The molecule has 3 aromatic rings. The van der Waals surface area contributed by atoms with Gasteiger partial charge in [0.2, 0.25) is 5.91 Å². The molecule has 1 aromatic heterocycles. The van der Waals surface area contributed by atoms with Crippen molar-refractivity contribution in [1.29, 1.82) is 0 Å². The summed E-state index contributed by atoms with van der Waals surface area (Å²) in [4.78, 5) is 102. The van der Waals surface area contributed by atoms with Crippen molar-refractivity contribution in [3.8, 4) is 0 Å². The molecular weight excluding hydrogens is 714 g/mol. The van der Waals surface area contributed by atoms with Crippen LogP contribution in [-0.4, -0.2) is 88.9 Å². The van der Waals surface area contributed by atoms with Crippen LogP contribution >= 0.6 is 0 Å². The minimum atomic E-state index is -1.56. The number of esters is 4. The van der Waals surface area contributed by atoms with Gasteiger partial charge in [0.1, 0.15) is 31.7 Å². The zero-order chi connectivity index (χ0) is 39.4. The molecule has 0 saturated carbocycles. The zero-order valence-electron chi connectivity index (χ0n) is 29.5. The van der Waals surface area contributed by atoms with E-state index in [9.17, 15) is 38.4 Å². The van der Waals surface area contributed by atoms with Crippen LogP contribution in [0.5, 0.6) is 0 Å². The van der Waals surface area contributed by atoms with E-state index in [1.807, 2.05) is 6.07 Å². The molecule has 1 aliphatic rings. The SMILES string of the molecule is CC(=O)OCC1OC(n2ccc(NC(=O)c3ccc(NC(=O)CNC(=O)OCc4ccccc4)cc3)nc2=O)C(OC(C)=O)C(OC(C)=O)C1OC(C)=O. The molecule has 0 spiro atoms. The monoisotopic (exact) mass is 751 g/mol. The number of nitrogens with one attached hydrogen (secondary N) is 3. The lowest BCUT2D eigenvalue weighted by Gasteiger charge is -2.44. The topological polar surface area (TPSA) is 246 Å². The van der Waals surface area contributed by atoms with Crippen molar-refractivity contribution >= 4 is 53.3 Å². The Bertz CT molecular complexity index is 1920. The Balaban J connectivity index is 1.43. The number of alkyl carbamates (subject to hydrolysis) is 1. The van der Waals surface area contributed by atoms with Crippen molar-refractivity contribution in [1.82, 2.24) is 14.9 Å². The maximum absolute atomic E-state index is 13.3. The Kier molecular flexibility index (Phi) is 13.9. The molecule has 286 valence electrons. The molecule has 1 aliphatic heterocycles. The molecule has 4 rings (SSSR count). The third kappa shape index (κ3) is 11.7. The van der Waals surface area contributed by atoms with Gasteiger partial charge in [0.15, 0.2) is 24.5 Å². The normalized spacial score (nSPS) is 18.9. The number of amides is 3. The van der Waals surface area contributed by atoms with Gasteiger partial charge in [0, 0.05) is 45.1 Å². The molecule has 19 heteroatoms. The van der Waals surface area contributed by atoms with Crippen LogP contribution in [0.25, 0.3) is 0 Å². The van der Waals surface area contributed by atoms with E-state index in [4.69, 9.17) is 28.4 Å². The van der Waals surface area contributed by atoms with Crippen molar-refractivity contribution in [3.05, 3.63) is 88.5 Å². The first-order valence-electron chi connectivity index (χ1n) is 16.3. The lowest BCUT2D eigenvalue weighted by atomic mass is 9.97. The fourth-order valence-electron chi connectivity index (χ4n) is 5.13. The van der Waals surface area contributed by atoms with E-state index in [1.165, 1.54) is 30.3 Å². The van der Waals surface area contributed by atoms with Crippen LogP contribution in [-0.2, 0) is 59.0 Å². The highest BCUT2D eigenvalue weighted by Gasteiger charge is 2.53. The summed E-state index contributed by atoms with van der Waals surface area (Å²) >= 11 is 0. The first kappa shape index (κ1) is 40.1. The van der Waals surface area contributed by atoms with Crippen molar-refractivity contribution in [3.63, 3.8) is 0 Å². The van der Waals surface area contributed by atoms with Gasteiger partial charge in [0.25, 0.3) is 5.91 Å². The predicted molar refractivity (Wildman–Crippen MR) is 183 cm³/mol. The van der Waals surface area contributed by atoms with Gasteiger partial charge in [-0.15, -0.1) is 0 Å². The lowest BCUT2D eigenvalue weighted by molar-refractivity contribution is -0.269. The van der Waals surface area contributed by atoms with Gasteiger partial charge in [-0.05, 0) is 35.9 Å². The van der Waals surface area contributed by atoms with Gasteiger partial charge < -0.3 is 44.4 Å². The maximum Gasteiger partial charge on any atom is 0.407 e. The molecule has 3 amide bonds. The minimum Gasteiger partial charge on any atom is -0.463 e. The van der Waals surface area contributed by atoms with Crippen LogP contribution in [0.3, 0.4) is 0 Å². The Morgan fingerprint density at radius 2 is 1.37 bits per heavy atom. The van der Waals surface area contributed by atoms with E-state index in [0.717, 1.165) is 44.0 Å². The molecule has 2 heterocycles. The lowest BCUT2D eigenvalue weighted by Crippen LogP contribution is -2.61. The van der Waals surface area contributed by atoms with E-state index in [-0.39, 0.29) is 24.5 Å². The number of aromatic nitrogens is 2. The highest BCUT2D eigenvalue weighted by Crippen LogP contribution is 2.34. The minimum absolute atomic E-state index is 0.0365. The number of hydrogen-bond donors (Lipinski definition) is 3. The zero-order valence-corrected chi connectivity index (χ0v) is 29.5. The average Bonchev–Trinajstić information content (AvgIpc) is 3.11. The molecule has 5 unspecified atom stereocenters. The number of anilines is 2. The second-order valence-electron chi connectivity index (χ2n) is 11.6. The van der Waals surface area contributed by atoms with Crippen LogP contribution in [0, 0.1) is 0 Å². The largest absolute Gasteiger partial charge is 0.463 e. The average molecular weight is 752 g/mol. The van der Waals surface area contributed by atoms with E-state index >= 15 is 0 Å². The van der Waals surface area contributed by atoms with E-state index < -0.39 is 84.7 Å². The first-order chi connectivity index (χ1) is 25.7. The Hall–Kier alpha value is -6.63. The summed E-state index contributed by atoms with van der Waals surface area (Å²) in [6, 6.07) is 15.9. The quantitative estimate of drug-likeness (QED) is 0.166. The van der Waals surface area contributed by atoms with E-state index in [0.29, 0.717) is 5.69 Å². The molecule has 54 heavy (non-hydrogen) atoms. The number of rotatable bonds is 13. The summed E-state index contributed by atoms with van der Waals surface area (Å²) in [7, 11) is 0.